The minimum atomic E-state index is -0.733. The molecule has 19 heavy (non-hydrogen) atoms. The normalized spacial score (nSPS) is 10.2. The van der Waals surface area contributed by atoms with Crippen LogP contribution in [0.4, 0.5) is 15.8 Å². The van der Waals surface area contributed by atoms with Crippen LogP contribution in [0.3, 0.4) is 0 Å². The highest BCUT2D eigenvalue weighted by molar-refractivity contribution is 5.54. The molecule has 0 aliphatic rings. The van der Waals surface area contributed by atoms with E-state index in [2.05, 4.69) is 4.98 Å². The standard InChI is InChI=1S/C12H10FN3O3/c1-7-4-9(14)12(15-6-7)19-11-3-2-8(13)5-10(11)16(17)18/h2-6H,14H2,1H3. The summed E-state index contributed by atoms with van der Waals surface area (Å²) < 4.78 is 18.2. The van der Waals surface area contributed by atoms with Gasteiger partial charge >= 0.3 is 5.69 Å². The number of nitrogens with two attached hydrogens (primary N) is 1. The quantitative estimate of drug-likeness (QED) is 0.679. The zero-order chi connectivity index (χ0) is 14.0. The minimum Gasteiger partial charge on any atom is -0.430 e. The molecule has 2 rings (SSSR count). The van der Waals surface area contributed by atoms with Crippen LogP contribution in [0.5, 0.6) is 11.6 Å². The van der Waals surface area contributed by atoms with Crippen LogP contribution in [0.2, 0.25) is 0 Å². The molecule has 0 saturated heterocycles. The van der Waals surface area contributed by atoms with E-state index in [1.54, 1.807) is 13.0 Å². The van der Waals surface area contributed by atoms with Crippen molar-refractivity contribution in [3.8, 4) is 11.6 Å². The third-order valence-electron chi connectivity index (χ3n) is 2.34. The largest absolute Gasteiger partial charge is 0.430 e. The fraction of sp³-hybridized carbons (Fsp3) is 0.0833. The number of nitro benzene ring substituents is 1. The number of aromatic nitrogens is 1. The molecule has 7 heteroatoms. The second-order valence-electron chi connectivity index (χ2n) is 3.88. The first-order valence-electron chi connectivity index (χ1n) is 5.31. The van der Waals surface area contributed by atoms with Crippen molar-refractivity contribution in [1.29, 1.82) is 0 Å². The molecule has 0 bridgehead atoms. The van der Waals surface area contributed by atoms with Gasteiger partial charge in [0.15, 0.2) is 0 Å². The Morgan fingerprint density at radius 2 is 2.16 bits per heavy atom. The summed E-state index contributed by atoms with van der Waals surface area (Å²) in [5.41, 5.74) is 6.29. The third kappa shape index (κ3) is 2.76. The first kappa shape index (κ1) is 12.7. The van der Waals surface area contributed by atoms with Gasteiger partial charge in [-0.25, -0.2) is 9.37 Å². The number of anilines is 1. The predicted molar refractivity (Wildman–Crippen MR) is 66.5 cm³/mol. The van der Waals surface area contributed by atoms with E-state index in [-0.39, 0.29) is 17.3 Å². The number of benzene rings is 1. The van der Waals surface area contributed by atoms with Gasteiger partial charge in [-0.05, 0) is 30.7 Å². The molecule has 1 heterocycles. The number of halogens is 1. The fourth-order valence-corrected chi connectivity index (χ4v) is 1.49. The van der Waals surface area contributed by atoms with E-state index in [4.69, 9.17) is 10.5 Å². The van der Waals surface area contributed by atoms with E-state index in [0.717, 1.165) is 23.8 Å². The van der Waals surface area contributed by atoms with E-state index in [9.17, 15) is 14.5 Å². The van der Waals surface area contributed by atoms with Gasteiger partial charge in [-0.2, -0.15) is 0 Å². The molecule has 98 valence electrons. The molecule has 0 spiro atoms. The van der Waals surface area contributed by atoms with E-state index < -0.39 is 16.4 Å². The number of nitro groups is 1. The lowest BCUT2D eigenvalue weighted by Gasteiger charge is -2.08. The minimum absolute atomic E-state index is 0.0420. The summed E-state index contributed by atoms with van der Waals surface area (Å²) in [6, 6.07) is 4.62. The maximum atomic E-state index is 13.0. The van der Waals surface area contributed by atoms with Crippen LogP contribution in [0.1, 0.15) is 5.56 Å². The Labute approximate surface area is 107 Å². The lowest BCUT2D eigenvalue weighted by atomic mass is 10.3. The first-order valence-corrected chi connectivity index (χ1v) is 5.31. The zero-order valence-corrected chi connectivity index (χ0v) is 9.96. The first-order chi connectivity index (χ1) is 8.97. The molecular weight excluding hydrogens is 253 g/mol. The predicted octanol–water partition coefficient (Wildman–Crippen LogP) is 2.81. The molecular formula is C12H10FN3O3. The zero-order valence-electron chi connectivity index (χ0n) is 9.96. The average molecular weight is 263 g/mol. The van der Waals surface area contributed by atoms with E-state index in [0.29, 0.717) is 0 Å². The number of hydrogen-bond acceptors (Lipinski definition) is 5. The van der Waals surface area contributed by atoms with Gasteiger partial charge in [0, 0.05) is 6.20 Å². The van der Waals surface area contributed by atoms with Crippen LogP contribution in [0.25, 0.3) is 0 Å². The Hall–Kier alpha value is -2.70. The van der Waals surface area contributed by atoms with Crippen molar-refractivity contribution in [1.82, 2.24) is 4.98 Å². The second kappa shape index (κ2) is 4.89. The van der Waals surface area contributed by atoms with Crippen LogP contribution in [0.15, 0.2) is 30.5 Å². The van der Waals surface area contributed by atoms with Crippen LogP contribution in [0, 0.1) is 22.9 Å². The van der Waals surface area contributed by atoms with Gasteiger partial charge in [0.1, 0.15) is 5.82 Å². The number of ether oxygens (including phenoxy) is 1. The van der Waals surface area contributed by atoms with Crippen LogP contribution < -0.4 is 10.5 Å². The molecule has 0 amide bonds. The SMILES string of the molecule is Cc1cnc(Oc2ccc(F)cc2[N+](=O)[O-])c(N)c1. The number of hydrogen-bond donors (Lipinski definition) is 1. The summed E-state index contributed by atoms with van der Waals surface area (Å²) in [6.45, 7) is 1.80. The molecule has 6 nitrogen and oxygen atoms in total. The van der Waals surface area contributed by atoms with E-state index >= 15 is 0 Å². The average Bonchev–Trinajstić information content (AvgIpc) is 2.34. The maximum Gasteiger partial charge on any atom is 0.314 e. The monoisotopic (exact) mass is 263 g/mol. The Morgan fingerprint density at radius 3 is 2.79 bits per heavy atom. The fourth-order valence-electron chi connectivity index (χ4n) is 1.49. The lowest BCUT2D eigenvalue weighted by Crippen LogP contribution is -1.99. The Bertz CT molecular complexity index is 646. The van der Waals surface area contributed by atoms with Gasteiger partial charge in [-0.3, -0.25) is 10.1 Å². The molecule has 0 aliphatic carbocycles. The molecule has 0 unspecified atom stereocenters. The van der Waals surface area contributed by atoms with Crippen molar-refractivity contribution >= 4 is 11.4 Å². The van der Waals surface area contributed by atoms with Gasteiger partial charge in [-0.15, -0.1) is 0 Å². The second-order valence-corrected chi connectivity index (χ2v) is 3.88. The van der Waals surface area contributed by atoms with Gasteiger partial charge in [-0.1, -0.05) is 0 Å². The molecule has 0 saturated carbocycles. The number of nitrogens with zero attached hydrogens (tertiary/aromatic N) is 2. The molecule has 2 aromatic rings. The van der Waals surface area contributed by atoms with E-state index in [1.807, 2.05) is 0 Å². The summed E-state index contributed by atoms with van der Waals surface area (Å²) in [5, 5.41) is 10.8. The van der Waals surface area contributed by atoms with Gasteiger partial charge in [0.25, 0.3) is 0 Å². The highest BCUT2D eigenvalue weighted by atomic mass is 19.1. The van der Waals surface area contributed by atoms with Crippen molar-refractivity contribution in [2.75, 3.05) is 5.73 Å². The lowest BCUT2D eigenvalue weighted by molar-refractivity contribution is -0.385. The van der Waals surface area contributed by atoms with Crippen LogP contribution in [-0.2, 0) is 0 Å². The van der Waals surface area contributed by atoms with Crippen molar-refractivity contribution in [3.63, 3.8) is 0 Å². The Balaban J connectivity index is 2.40. The summed E-state index contributed by atoms with van der Waals surface area (Å²) >= 11 is 0. The summed E-state index contributed by atoms with van der Waals surface area (Å²) in [6.07, 6.45) is 1.51. The third-order valence-corrected chi connectivity index (χ3v) is 2.34. The van der Waals surface area contributed by atoms with Crippen molar-refractivity contribution in [2.45, 2.75) is 6.92 Å². The van der Waals surface area contributed by atoms with Crippen molar-refractivity contribution in [3.05, 3.63) is 52.0 Å². The Kier molecular flexibility index (Phi) is 3.28. The maximum absolute atomic E-state index is 13.0. The highest BCUT2D eigenvalue weighted by Gasteiger charge is 2.18. The molecule has 1 aromatic carbocycles. The van der Waals surface area contributed by atoms with Crippen LogP contribution >= 0.6 is 0 Å². The molecule has 0 fully saturated rings. The number of aryl methyl sites for hydroxylation is 1. The van der Waals surface area contributed by atoms with Gasteiger partial charge < -0.3 is 10.5 Å². The molecule has 0 radical (unpaired) electrons. The van der Waals surface area contributed by atoms with E-state index in [1.165, 1.54) is 6.20 Å². The number of nitrogen functional groups attached to an aromatic ring is 1. The smallest absolute Gasteiger partial charge is 0.314 e. The van der Waals surface area contributed by atoms with Crippen molar-refractivity contribution < 1.29 is 14.1 Å². The summed E-state index contributed by atoms with van der Waals surface area (Å²) in [7, 11) is 0. The summed E-state index contributed by atoms with van der Waals surface area (Å²) in [4.78, 5) is 14.0. The van der Waals surface area contributed by atoms with Gasteiger partial charge in [0.05, 0.1) is 16.7 Å². The topological polar surface area (TPSA) is 91.3 Å². The van der Waals surface area contributed by atoms with Crippen LogP contribution in [-0.4, -0.2) is 9.91 Å². The number of rotatable bonds is 3. The molecule has 2 N–H and O–H groups in total. The molecule has 0 atom stereocenters. The molecule has 0 aliphatic heterocycles. The molecule has 1 aromatic heterocycles. The van der Waals surface area contributed by atoms with Crippen molar-refractivity contribution in [2.24, 2.45) is 0 Å². The van der Waals surface area contributed by atoms with Gasteiger partial charge in [0.2, 0.25) is 11.6 Å². The summed E-state index contributed by atoms with van der Waals surface area (Å²) in [5.74, 6) is -0.793. The number of pyridine rings is 1. The Morgan fingerprint density at radius 1 is 1.42 bits per heavy atom. The highest BCUT2D eigenvalue weighted by Crippen LogP contribution is 2.33.